The molecule has 0 spiro atoms. The molecular formula is C17H27N3O5S. The van der Waals surface area contributed by atoms with Crippen molar-refractivity contribution in [2.24, 2.45) is 5.41 Å². The lowest BCUT2D eigenvalue weighted by molar-refractivity contribution is -0.152. The maximum atomic E-state index is 13.1. The van der Waals surface area contributed by atoms with E-state index in [9.17, 15) is 22.8 Å². The summed E-state index contributed by atoms with van der Waals surface area (Å²) in [4.78, 5) is 42.6. The molecule has 26 heavy (non-hydrogen) atoms. The fourth-order valence-corrected chi connectivity index (χ4v) is 5.77. The van der Waals surface area contributed by atoms with Crippen LogP contribution in [0.5, 0.6) is 0 Å². The molecule has 0 radical (unpaired) electrons. The molecule has 0 bridgehead atoms. The van der Waals surface area contributed by atoms with Gasteiger partial charge in [-0.15, -0.1) is 0 Å². The van der Waals surface area contributed by atoms with Gasteiger partial charge in [0.2, 0.25) is 17.7 Å². The van der Waals surface area contributed by atoms with E-state index in [1.165, 1.54) is 6.92 Å². The Morgan fingerprint density at radius 3 is 2.08 bits per heavy atom. The van der Waals surface area contributed by atoms with Crippen LogP contribution < -0.4 is 0 Å². The predicted octanol–water partition coefficient (Wildman–Crippen LogP) is -0.507. The highest BCUT2D eigenvalue weighted by Crippen LogP contribution is 2.49. The minimum absolute atomic E-state index is 0.00564. The zero-order valence-electron chi connectivity index (χ0n) is 15.4. The molecule has 0 N–H and O–H groups in total. The molecule has 1 unspecified atom stereocenters. The Bertz CT molecular complexity index is 708. The monoisotopic (exact) mass is 385 g/mol. The molecule has 0 aromatic carbocycles. The zero-order chi connectivity index (χ0) is 19.1. The highest BCUT2D eigenvalue weighted by molar-refractivity contribution is 7.91. The van der Waals surface area contributed by atoms with Gasteiger partial charge in [-0.1, -0.05) is 0 Å². The molecule has 3 amide bonds. The van der Waals surface area contributed by atoms with Crippen molar-refractivity contribution in [1.29, 1.82) is 0 Å². The van der Waals surface area contributed by atoms with Gasteiger partial charge in [0.1, 0.15) is 5.41 Å². The molecule has 0 aromatic rings. The van der Waals surface area contributed by atoms with E-state index >= 15 is 0 Å². The molecule has 3 aliphatic rings. The molecule has 1 atom stereocenters. The Kier molecular flexibility index (Phi) is 5.02. The number of carbonyl (C=O) groups excluding carboxylic acids is 3. The van der Waals surface area contributed by atoms with Crippen LogP contribution in [0.4, 0.5) is 0 Å². The van der Waals surface area contributed by atoms with Crippen LogP contribution in [0.25, 0.3) is 0 Å². The largest absolute Gasteiger partial charge is 0.339 e. The summed E-state index contributed by atoms with van der Waals surface area (Å²) in [5, 5.41) is 0. The van der Waals surface area contributed by atoms with Crippen LogP contribution in [0, 0.1) is 5.41 Å². The Labute approximate surface area is 154 Å². The maximum absolute atomic E-state index is 13.1. The summed E-state index contributed by atoms with van der Waals surface area (Å²) in [6.45, 7) is 5.61. The third-order valence-corrected chi connectivity index (χ3v) is 7.58. The molecule has 3 fully saturated rings. The number of sulfone groups is 1. The quantitative estimate of drug-likeness (QED) is 0.608. The first-order chi connectivity index (χ1) is 12.2. The molecule has 1 saturated carbocycles. The van der Waals surface area contributed by atoms with Crippen LogP contribution >= 0.6 is 0 Å². The third-order valence-electron chi connectivity index (χ3n) is 5.83. The topological polar surface area (TPSA) is 95.1 Å². The van der Waals surface area contributed by atoms with Crippen molar-refractivity contribution < 1.29 is 22.8 Å². The molecule has 9 heteroatoms. The van der Waals surface area contributed by atoms with Gasteiger partial charge in [-0.3, -0.25) is 14.4 Å². The molecule has 2 heterocycles. The fraction of sp³-hybridized carbons (Fsp3) is 0.824. The Morgan fingerprint density at radius 2 is 1.65 bits per heavy atom. The van der Waals surface area contributed by atoms with Crippen LogP contribution in [0.15, 0.2) is 0 Å². The predicted molar refractivity (Wildman–Crippen MR) is 94.9 cm³/mol. The summed E-state index contributed by atoms with van der Waals surface area (Å²) in [6, 6.07) is -0.322. The molecule has 146 valence electrons. The maximum Gasteiger partial charge on any atom is 0.238 e. The average molecular weight is 385 g/mol. The standard InChI is InChI=1S/C17H27N3O5S/c1-3-20(14-4-11-26(24,25)12-14)16(23)17(5-6-17)15(22)19-9-7-18(8-10-19)13(2)21/h14H,3-12H2,1-2H3. The van der Waals surface area contributed by atoms with E-state index in [1.54, 1.807) is 14.7 Å². The summed E-state index contributed by atoms with van der Waals surface area (Å²) in [7, 11) is -3.09. The smallest absolute Gasteiger partial charge is 0.238 e. The molecule has 8 nitrogen and oxygen atoms in total. The molecule has 2 aliphatic heterocycles. The van der Waals surface area contributed by atoms with Crippen molar-refractivity contribution in [1.82, 2.24) is 14.7 Å². The van der Waals surface area contributed by atoms with Crippen molar-refractivity contribution in [3.05, 3.63) is 0 Å². The van der Waals surface area contributed by atoms with Gasteiger partial charge in [-0.25, -0.2) is 8.42 Å². The second-order valence-corrected chi connectivity index (χ2v) is 9.76. The summed E-state index contributed by atoms with van der Waals surface area (Å²) < 4.78 is 23.5. The lowest BCUT2D eigenvalue weighted by Gasteiger charge is -2.37. The van der Waals surface area contributed by atoms with Gasteiger partial charge in [0.25, 0.3) is 0 Å². The van der Waals surface area contributed by atoms with Crippen molar-refractivity contribution in [3.8, 4) is 0 Å². The van der Waals surface area contributed by atoms with Gasteiger partial charge in [-0.05, 0) is 26.2 Å². The van der Waals surface area contributed by atoms with Crippen molar-refractivity contribution in [3.63, 3.8) is 0 Å². The molecular weight excluding hydrogens is 358 g/mol. The first kappa shape index (κ1) is 19.1. The van der Waals surface area contributed by atoms with Gasteiger partial charge in [0, 0.05) is 45.7 Å². The summed E-state index contributed by atoms with van der Waals surface area (Å²) in [5.74, 6) is -0.288. The van der Waals surface area contributed by atoms with E-state index in [-0.39, 0.29) is 35.3 Å². The summed E-state index contributed by atoms with van der Waals surface area (Å²) in [5.41, 5.74) is -1.01. The van der Waals surface area contributed by atoms with E-state index in [1.807, 2.05) is 6.92 Å². The highest BCUT2D eigenvalue weighted by Gasteiger charge is 2.60. The minimum Gasteiger partial charge on any atom is -0.339 e. The molecule has 0 aromatic heterocycles. The second-order valence-electron chi connectivity index (χ2n) is 7.53. The van der Waals surface area contributed by atoms with Crippen LogP contribution in [0.3, 0.4) is 0 Å². The average Bonchev–Trinajstić information content (AvgIpc) is 3.34. The molecule has 2 saturated heterocycles. The van der Waals surface area contributed by atoms with E-state index in [4.69, 9.17) is 0 Å². The minimum atomic E-state index is -3.09. The van der Waals surface area contributed by atoms with Gasteiger partial charge < -0.3 is 14.7 Å². The van der Waals surface area contributed by atoms with Crippen LogP contribution in [0.2, 0.25) is 0 Å². The number of nitrogens with zero attached hydrogens (tertiary/aromatic N) is 3. The normalized spacial score (nSPS) is 26.5. The van der Waals surface area contributed by atoms with Gasteiger partial charge in [-0.2, -0.15) is 0 Å². The van der Waals surface area contributed by atoms with E-state index < -0.39 is 15.3 Å². The Balaban J connectivity index is 1.68. The van der Waals surface area contributed by atoms with Gasteiger partial charge >= 0.3 is 0 Å². The summed E-state index contributed by atoms with van der Waals surface area (Å²) in [6.07, 6.45) is 1.49. The molecule has 1 aliphatic carbocycles. The number of piperazine rings is 1. The van der Waals surface area contributed by atoms with Gasteiger partial charge in [0.15, 0.2) is 9.84 Å². The summed E-state index contributed by atoms with van der Waals surface area (Å²) >= 11 is 0. The van der Waals surface area contributed by atoms with E-state index in [0.29, 0.717) is 52.0 Å². The Hall–Kier alpha value is -1.64. The Morgan fingerprint density at radius 1 is 1.08 bits per heavy atom. The number of carbonyl (C=O) groups is 3. The van der Waals surface area contributed by atoms with Crippen molar-refractivity contribution in [2.45, 2.75) is 39.2 Å². The first-order valence-corrected chi connectivity index (χ1v) is 11.1. The third kappa shape index (κ3) is 3.45. The highest BCUT2D eigenvalue weighted by atomic mass is 32.2. The SMILES string of the molecule is CCN(C(=O)C1(C(=O)N2CCN(C(C)=O)CC2)CC1)C1CCS(=O)(=O)C1. The second kappa shape index (κ2) is 6.83. The number of hydrogen-bond acceptors (Lipinski definition) is 5. The number of hydrogen-bond donors (Lipinski definition) is 0. The van der Waals surface area contributed by atoms with E-state index in [2.05, 4.69) is 0 Å². The molecule has 3 rings (SSSR count). The van der Waals surface area contributed by atoms with Crippen LogP contribution in [0.1, 0.15) is 33.1 Å². The fourth-order valence-electron chi connectivity index (χ4n) is 4.04. The van der Waals surface area contributed by atoms with Crippen LogP contribution in [-0.4, -0.2) is 91.1 Å². The lowest BCUT2D eigenvalue weighted by Crippen LogP contribution is -2.55. The van der Waals surface area contributed by atoms with Gasteiger partial charge in [0.05, 0.1) is 11.5 Å². The zero-order valence-corrected chi connectivity index (χ0v) is 16.3. The van der Waals surface area contributed by atoms with Crippen molar-refractivity contribution in [2.75, 3.05) is 44.2 Å². The number of amides is 3. The lowest BCUT2D eigenvalue weighted by atomic mass is 10.0. The van der Waals surface area contributed by atoms with E-state index in [0.717, 1.165) is 0 Å². The van der Waals surface area contributed by atoms with Crippen molar-refractivity contribution >= 4 is 27.6 Å². The number of rotatable bonds is 4. The first-order valence-electron chi connectivity index (χ1n) is 9.26. The van der Waals surface area contributed by atoms with Crippen LogP contribution in [-0.2, 0) is 24.2 Å².